The molecule has 31 heavy (non-hydrogen) atoms. The number of hydrogen-bond donors (Lipinski definition) is 1. The predicted molar refractivity (Wildman–Crippen MR) is 129 cm³/mol. The van der Waals surface area contributed by atoms with Crippen LogP contribution in [0.2, 0.25) is 15.1 Å². The van der Waals surface area contributed by atoms with Gasteiger partial charge in [-0.25, -0.2) is 15.0 Å². The van der Waals surface area contributed by atoms with Gasteiger partial charge in [-0.1, -0.05) is 34.8 Å². The monoisotopic (exact) mass is 474 g/mol. The lowest BCUT2D eigenvalue weighted by molar-refractivity contribution is 0.392. The first-order valence-corrected chi connectivity index (χ1v) is 10.8. The van der Waals surface area contributed by atoms with Crippen LogP contribution < -0.4 is 5.32 Å². The van der Waals surface area contributed by atoms with Crippen molar-refractivity contribution in [1.29, 1.82) is 0 Å². The van der Waals surface area contributed by atoms with Crippen LogP contribution in [-0.4, -0.2) is 51.1 Å². The summed E-state index contributed by atoms with van der Waals surface area (Å²) in [7, 11) is 4.06. The van der Waals surface area contributed by atoms with E-state index in [4.69, 9.17) is 39.8 Å². The second-order valence-corrected chi connectivity index (χ2v) is 8.85. The number of halogens is 3. The fraction of sp³-hybridized carbons (Fsp3) is 0.227. The number of aromatic nitrogens is 4. The lowest BCUT2D eigenvalue weighted by atomic mass is 10.2. The Labute approximate surface area is 195 Å². The van der Waals surface area contributed by atoms with Crippen LogP contribution in [0.5, 0.6) is 0 Å². The van der Waals surface area contributed by atoms with E-state index in [1.165, 1.54) is 6.33 Å². The molecule has 0 spiro atoms. The average molecular weight is 476 g/mol. The third-order valence-corrected chi connectivity index (χ3v) is 5.52. The molecule has 6 nitrogen and oxygen atoms in total. The summed E-state index contributed by atoms with van der Waals surface area (Å²) in [6, 6.07) is 13.0. The predicted octanol–water partition coefficient (Wildman–Crippen LogP) is 5.80. The van der Waals surface area contributed by atoms with Crippen LogP contribution in [-0.2, 0) is 0 Å². The SMILES string of the molecule is C[C@@H](CN(C)C)Nc1ncnc2c1nc(-c1ccc(Cl)cc1Cl)n2-c1ccc(Cl)cc1. The van der Waals surface area contributed by atoms with Crippen molar-refractivity contribution in [2.75, 3.05) is 26.0 Å². The highest BCUT2D eigenvalue weighted by atomic mass is 35.5. The second-order valence-electron chi connectivity index (χ2n) is 7.57. The molecule has 0 saturated carbocycles. The minimum Gasteiger partial charge on any atom is -0.364 e. The molecule has 2 aromatic carbocycles. The molecule has 4 aromatic rings. The molecule has 9 heteroatoms. The topological polar surface area (TPSA) is 58.9 Å². The van der Waals surface area contributed by atoms with E-state index >= 15 is 0 Å². The third kappa shape index (κ3) is 4.62. The van der Waals surface area contributed by atoms with Crippen molar-refractivity contribution >= 4 is 51.8 Å². The van der Waals surface area contributed by atoms with E-state index in [9.17, 15) is 0 Å². The maximum atomic E-state index is 6.54. The molecule has 1 atom stereocenters. The Morgan fingerprint density at radius 2 is 1.71 bits per heavy atom. The van der Waals surface area contributed by atoms with Crippen molar-refractivity contribution in [2.45, 2.75) is 13.0 Å². The first-order chi connectivity index (χ1) is 14.8. The van der Waals surface area contributed by atoms with Gasteiger partial charge >= 0.3 is 0 Å². The molecule has 0 bridgehead atoms. The van der Waals surface area contributed by atoms with Crippen LogP contribution in [0.3, 0.4) is 0 Å². The van der Waals surface area contributed by atoms with Gasteiger partial charge < -0.3 is 10.2 Å². The van der Waals surface area contributed by atoms with Gasteiger partial charge in [0.25, 0.3) is 0 Å². The fourth-order valence-electron chi connectivity index (χ4n) is 3.51. The number of benzene rings is 2. The van der Waals surface area contributed by atoms with Gasteiger partial charge in [-0.05, 0) is 63.5 Å². The quantitative estimate of drug-likeness (QED) is 0.382. The molecule has 0 radical (unpaired) electrons. The summed E-state index contributed by atoms with van der Waals surface area (Å²) in [4.78, 5) is 16.0. The van der Waals surface area contributed by atoms with Crippen molar-refractivity contribution in [1.82, 2.24) is 24.4 Å². The van der Waals surface area contributed by atoms with Crippen molar-refractivity contribution in [2.24, 2.45) is 0 Å². The zero-order valence-corrected chi connectivity index (χ0v) is 19.5. The molecule has 0 aliphatic heterocycles. The number of anilines is 1. The molecule has 0 unspecified atom stereocenters. The van der Waals surface area contributed by atoms with Crippen LogP contribution in [0.15, 0.2) is 48.8 Å². The molecule has 0 aliphatic rings. The second kappa shape index (κ2) is 9.01. The maximum absolute atomic E-state index is 6.54. The van der Waals surface area contributed by atoms with Crippen molar-refractivity contribution in [3.05, 3.63) is 63.9 Å². The van der Waals surface area contributed by atoms with Gasteiger partial charge in [0.05, 0.1) is 5.02 Å². The van der Waals surface area contributed by atoms with E-state index in [2.05, 4.69) is 27.1 Å². The van der Waals surface area contributed by atoms with Crippen molar-refractivity contribution < 1.29 is 0 Å². The van der Waals surface area contributed by atoms with Crippen LogP contribution >= 0.6 is 34.8 Å². The smallest absolute Gasteiger partial charge is 0.170 e. The van der Waals surface area contributed by atoms with Gasteiger partial charge in [0, 0.05) is 33.9 Å². The Hall–Kier alpha value is -2.38. The minimum atomic E-state index is 0.163. The van der Waals surface area contributed by atoms with E-state index in [0.29, 0.717) is 37.9 Å². The zero-order chi connectivity index (χ0) is 22.1. The van der Waals surface area contributed by atoms with Crippen LogP contribution in [0.4, 0.5) is 5.82 Å². The summed E-state index contributed by atoms with van der Waals surface area (Å²) in [6.45, 7) is 2.94. The Balaban J connectivity index is 1.93. The van der Waals surface area contributed by atoms with Gasteiger partial charge in [0.15, 0.2) is 17.0 Å². The summed E-state index contributed by atoms with van der Waals surface area (Å²) in [5.41, 5.74) is 2.92. The highest BCUT2D eigenvalue weighted by Gasteiger charge is 2.21. The summed E-state index contributed by atoms with van der Waals surface area (Å²) < 4.78 is 1.95. The minimum absolute atomic E-state index is 0.163. The molecular formula is C22H21Cl3N6. The number of imidazole rings is 1. The lowest BCUT2D eigenvalue weighted by Gasteiger charge is -2.18. The molecule has 0 aliphatic carbocycles. The largest absolute Gasteiger partial charge is 0.364 e. The summed E-state index contributed by atoms with van der Waals surface area (Å²) >= 11 is 18.8. The number of likely N-dealkylation sites (N-methyl/N-ethyl adjacent to an activating group) is 1. The molecule has 2 heterocycles. The van der Waals surface area contributed by atoms with E-state index in [1.54, 1.807) is 12.1 Å². The summed E-state index contributed by atoms with van der Waals surface area (Å²) in [5.74, 6) is 1.31. The van der Waals surface area contributed by atoms with E-state index < -0.39 is 0 Å². The summed E-state index contributed by atoms with van der Waals surface area (Å²) in [6.07, 6.45) is 1.54. The van der Waals surface area contributed by atoms with Crippen LogP contribution in [0, 0.1) is 0 Å². The molecule has 1 N–H and O–H groups in total. The van der Waals surface area contributed by atoms with E-state index in [-0.39, 0.29) is 6.04 Å². The average Bonchev–Trinajstić information content (AvgIpc) is 3.08. The molecule has 2 aromatic heterocycles. The van der Waals surface area contributed by atoms with Gasteiger partial charge in [-0.15, -0.1) is 0 Å². The van der Waals surface area contributed by atoms with Crippen LogP contribution in [0.25, 0.3) is 28.2 Å². The van der Waals surface area contributed by atoms with Gasteiger partial charge in [-0.2, -0.15) is 0 Å². The normalized spacial score (nSPS) is 12.5. The first kappa shape index (κ1) is 21.8. The number of nitrogens with one attached hydrogen (secondary N) is 1. The fourth-order valence-corrected chi connectivity index (χ4v) is 4.13. The summed E-state index contributed by atoms with van der Waals surface area (Å²) in [5, 5.41) is 5.15. The maximum Gasteiger partial charge on any atom is 0.170 e. The Morgan fingerprint density at radius 1 is 1.00 bits per heavy atom. The lowest BCUT2D eigenvalue weighted by Crippen LogP contribution is -2.30. The first-order valence-electron chi connectivity index (χ1n) is 9.69. The zero-order valence-electron chi connectivity index (χ0n) is 17.3. The Morgan fingerprint density at radius 3 is 2.39 bits per heavy atom. The standard InChI is InChI=1S/C22H21Cl3N6/c1-13(11-30(2)3)28-20-19-22(27-12-26-20)31(16-7-4-14(23)5-8-16)21(29-19)17-9-6-15(24)10-18(17)25/h4-10,12-13H,11H2,1-3H3,(H,26,27,28)/t13-/m0/s1. The van der Waals surface area contributed by atoms with Crippen LogP contribution in [0.1, 0.15) is 6.92 Å². The Bertz CT molecular complexity index is 1220. The number of rotatable bonds is 6. The highest BCUT2D eigenvalue weighted by molar-refractivity contribution is 6.36. The molecule has 0 saturated heterocycles. The molecule has 0 fully saturated rings. The third-order valence-electron chi connectivity index (χ3n) is 4.72. The number of hydrogen-bond acceptors (Lipinski definition) is 5. The molecular weight excluding hydrogens is 455 g/mol. The van der Waals surface area contributed by atoms with E-state index in [0.717, 1.165) is 17.8 Å². The molecule has 160 valence electrons. The number of nitrogens with zero attached hydrogens (tertiary/aromatic N) is 5. The van der Waals surface area contributed by atoms with Gasteiger partial charge in [-0.3, -0.25) is 4.57 Å². The Kier molecular flexibility index (Phi) is 6.34. The van der Waals surface area contributed by atoms with Gasteiger partial charge in [0.1, 0.15) is 12.2 Å². The highest BCUT2D eigenvalue weighted by Crippen LogP contribution is 2.35. The van der Waals surface area contributed by atoms with Crippen molar-refractivity contribution in [3.63, 3.8) is 0 Å². The molecule has 0 amide bonds. The molecule has 4 rings (SSSR count). The number of fused-ring (bicyclic) bond motifs is 1. The van der Waals surface area contributed by atoms with E-state index in [1.807, 2.05) is 49.0 Å². The van der Waals surface area contributed by atoms with Gasteiger partial charge in [0.2, 0.25) is 0 Å². The van der Waals surface area contributed by atoms with Crippen molar-refractivity contribution in [3.8, 4) is 17.1 Å².